The molecule has 0 aromatic heterocycles. The lowest BCUT2D eigenvalue weighted by Crippen LogP contribution is -1.98. The SMILES string of the molecule is N#Cc1cc(N)c(N)cc1N. The maximum Gasteiger partial charge on any atom is 0.101 e. The number of nitrogens with zero attached hydrogens (tertiary/aromatic N) is 1. The number of nitriles is 1. The van der Waals surface area contributed by atoms with Crippen molar-refractivity contribution in [2.45, 2.75) is 0 Å². The first-order valence-corrected chi connectivity index (χ1v) is 2.99. The van der Waals surface area contributed by atoms with Crippen molar-refractivity contribution in [2.75, 3.05) is 17.2 Å². The Balaban J connectivity index is 3.35. The van der Waals surface area contributed by atoms with Crippen LogP contribution in [0, 0.1) is 11.3 Å². The highest BCUT2D eigenvalue weighted by atomic mass is 14.7. The summed E-state index contributed by atoms with van der Waals surface area (Å²) in [4.78, 5) is 0. The van der Waals surface area contributed by atoms with Crippen LogP contribution in [-0.2, 0) is 0 Å². The Labute approximate surface area is 64.2 Å². The molecular weight excluding hydrogens is 140 g/mol. The van der Waals surface area contributed by atoms with Gasteiger partial charge in [-0.3, -0.25) is 0 Å². The fourth-order valence-electron chi connectivity index (χ4n) is 0.748. The van der Waals surface area contributed by atoms with Crippen LogP contribution in [0.5, 0.6) is 0 Å². The van der Waals surface area contributed by atoms with Gasteiger partial charge in [0.15, 0.2) is 0 Å². The summed E-state index contributed by atoms with van der Waals surface area (Å²) in [5.41, 5.74) is 17.8. The van der Waals surface area contributed by atoms with Gasteiger partial charge in [-0.25, -0.2) is 0 Å². The van der Waals surface area contributed by atoms with E-state index in [2.05, 4.69) is 0 Å². The minimum Gasteiger partial charge on any atom is -0.398 e. The summed E-state index contributed by atoms with van der Waals surface area (Å²) in [6, 6.07) is 4.85. The summed E-state index contributed by atoms with van der Waals surface area (Å²) in [7, 11) is 0. The van der Waals surface area contributed by atoms with E-state index in [4.69, 9.17) is 22.5 Å². The monoisotopic (exact) mass is 148 g/mol. The molecule has 0 aliphatic carbocycles. The molecular formula is C7H8N4. The number of rotatable bonds is 0. The zero-order valence-corrected chi connectivity index (χ0v) is 5.83. The molecule has 4 heteroatoms. The molecule has 1 aromatic carbocycles. The van der Waals surface area contributed by atoms with E-state index in [1.165, 1.54) is 12.1 Å². The summed E-state index contributed by atoms with van der Waals surface area (Å²) in [5, 5.41) is 8.51. The van der Waals surface area contributed by atoms with Crippen molar-refractivity contribution < 1.29 is 0 Å². The Morgan fingerprint density at radius 3 is 2.09 bits per heavy atom. The summed E-state index contributed by atoms with van der Waals surface area (Å²) < 4.78 is 0. The first kappa shape index (κ1) is 7.22. The third kappa shape index (κ3) is 1.17. The lowest BCUT2D eigenvalue weighted by atomic mass is 10.1. The van der Waals surface area contributed by atoms with Crippen LogP contribution < -0.4 is 17.2 Å². The normalized spacial score (nSPS) is 9.00. The molecule has 11 heavy (non-hydrogen) atoms. The molecule has 0 unspecified atom stereocenters. The van der Waals surface area contributed by atoms with Crippen molar-refractivity contribution in [2.24, 2.45) is 0 Å². The van der Waals surface area contributed by atoms with Gasteiger partial charge in [0.05, 0.1) is 22.6 Å². The van der Waals surface area contributed by atoms with E-state index in [0.29, 0.717) is 22.6 Å². The van der Waals surface area contributed by atoms with Gasteiger partial charge in [0.1, 0.15) is 6.07 Å². The summed E-state index contributed by atoms with van der Waals surface area (Å²) in [5.74, 6) is 0. The van der Waals surface area contributed by atoms with Gasteiger partial charge in [-0.05, 0) is 12.1 Å². The van der Waals surface area contributed by atoms with E-state index in [-0.39, 0.29) is 0 Å². The van der Waals surface area contributed by atoms with Crippen molar-refractivity contribution in [1.82, 2.24) is 0 Å². The Morgan fingerprint density at radius 1 is 1.00 bits per heavy atom. The molecule has 0 saturated carbocycles. The second-order valence-electron chi connectivity index (χ2n) is 2.18. The van der Waals surface area contributed by atoms with E-state index in [1.54, 1.807) is 0 Å². The lowest BCUT2D eigenvalue weighted by molar-refractivity contribution is 1.48. The summed E-state index contributed by atoms with van der Waals surface area (Å²) in [6.45, 7) is 0. The number of hydrogen-bond acceptors (Lipinski definition) is 4. The predicted octanol–water partition coefficient (Wildman–Crippen LogP) is 0.305. The Kier molecular flexibility index (Phi) is 1.57. The van der Waals surface area contributed by atoms with Crippen molar-refractivity contribution >= 4 is 17.1 Å². The van der Waals surface area contributed by atoms with Gasteiger partial charge in [0.2, 0.25) is 0 Å². The zero-order valence-electron chi connectivity index (χ0n) is 5.83. The summed E-state index contributed by atoms with van der Waals surface area (Å²) in [6.07, 6.45) is 0. The van der Waals surface area contributed by atoms with Crippen LogP contribution in [0.1, 0.15) is 5.56 Å². The molecule has 0 radical (unpaired) electrons. The number of nitrogens with two attached hydrogens (primary N) is 3. The Hall–Kier alpha value is -1.89. The van der Waals surface area contributed by atoms with Gasteiger partial charge in [0, 0.05) is 0 Å². The number of benzene rings is 1. The van der Waals surface area contributed by atoms with Crippen molar-refractivity contribution in [3.05, 3.63) is 17.7 Å². The molecule has 0 aliphatic rings. The summed E-state index contributed by atoms with van der Waals surface area (Å²) >= 11 is 0. The molecule has 0 fully saturated rings. The third-order valence-corrected chi connectivity index (χ3v) is 1.38. The third-order valence-electron chi connectivity index (χ3n) is 1.38. The van der Waals surface area contributed by atoms with Gasteiger partial charge >= 0.3 is 0 Å². The van der Waals surface area contributed by atoms with Crippen LogP contribution in [-0.4, -0.2) is 0 Å². The molecule has 0 atom stereocenters. The topological polar surface area (TPSA) is 102 Å². The number of nitrogen functional groups attached to an aromatic ring is 3. The van der Waals surface area contributed by atoms with Crippen molar-refractivity contribution in [1.29, 1.82) is 5.26 Å². The first-order valence-electron chi connectivity index (χ1n) is 2.99. The molecule has 56 valence electrons. The maximum atomic E-state index is 8.51. The number of anilines is 3. The van der Waals surface area contributed by atoms with Crippen molar-refractivity contribution in [3.8, 4) is 6.07 Å². The molecule has 6 N–H and O–H groups in total. The zero-order chi connectivity index (χ0) is 8.43. The standard InChI is InChI=1S/C7H8N4/c8-3-4-1-6(10)7(11)2-5(4)9/h1-2H,9-11H2. The minimum absolute atomic E-state index is 0.358. The molecule has 1 rings (SSSR count). The van der Waals surface area contributed by atoms with Crippen LogP contribution in [0.25, 0.3) is 0 Å². The van der Waals surface area contributed by atoms with Crippen LogP contribution in [0.2, 0.25) is 0 Å². The average molecular weight is 148 g/mol. The fourth-order valence-corrected chi connectivity index (χ4v) is 0.748. The molecule has 0 amide bonds. The first-order chi connectivity index (χ1) is 5.15. The van der Waals surface area contributed by atoms with E-state index >= 15 is 0 Å². The predicted molar refractivity (Wildman–Crippen MR) is 44.4 cm³/mol. The van der Waals surface area contributed by atoms with Crippen LogP contribution in [0.3, 0.4) is 0 Å². The lowest BCUT2D eigenvalue weighted by Gasteiger charge is -2.02. The Bertz CT molecular complexity index is 324. The molecule has 4 nitrogen and oxygen atoms in total. The second kappa shape index (κ2) is 2.39. The smallest absolute Gasteiger partial charge is 0.101 e. The molecule has 0 aliphatic heterocycles. The minimum atomic E-state index is 0.358. The molecule has 0 saturated heterocycles. The van der Waals surface area contributed by atoms with Gasteiger partial charge in [-0.2, -0.15) is 5.26 Å². The fraction of sp³-hybridized carbons (Fsp3) is 0. The second-order valence-corrected chi connectivity index (χ2v) is 2.18. The van der Waals surface area contributed by atoms with Crippen LogP contribution >= 0.6 is 0 Å². The highest BCUT2D eigenvalue weighted by Gasteiger charge is 2.01. The maximum absolute atomic E-state index is 8.51. The van der Waals surface area contributed by atoms with E-state index in [9.17, 15) is 0 Å². The molecule has 0 heterocycles. The van der Waals surface area contributed by atoms with Gasteiger partial charge in [0.25, 0.3) is 0 Å². The average Bonchev–Trinajstić information content (AvgIpc) is 1.97. The highest BCUT2D eigenvalue weighted by Crippen LogP contribution is 2.21. The molecule has 0 bridgehead atoms. The van der Waals surface area contributed by atoms with Gasteiger partial charge < -0.3 is 17.2 Å². The van der Waals surface area contributed by atoms with Crippen LogP contribution in [0.15, 0.2) is 12.1 Å². The molecule has 1 aromatic rings. The van der Waals surface area contributed by atoms with Crippen molar-refractivity contribution in [3.63, 3.8) is 0 Å². The van der Waals surface area contributed by atoms with E-state index < -0.39 is 0 Å². The quantitative estimate of drug-likeness (QED) is 0.460. The van der Waals surface area contributed by atoms with Gasteiger partial charge in [-0.15, -0.1) is 0 Å². The van der Waals surface area contributed by atoms with E-state index in [1.807, 2.05) is 6.07 Å². The largest absolute Gasteiger partial charge is 0.398 e. The van der Waals surface area contributed by atoms with E-state index in [0.717, 1.165) is 0 Å². The highest BCUT2D eigenvalue weighted by molar-refractivity contribution is 5.73. The number of hydrogen-bond donors (Lipinski definition) is 3. The Morgan fingerprint density at radius 2 is 1.55 bits per heavy atom. The molecule has 0 spiro atoms. The van der Waals surface area contributed by atoms with Gasteiger partial charge in [-0.1, -0.05) is 0 Å². The van der Waals surface area contributed by atoms with Crippen LogP contribution in [0.4, 0.5) is 17.1 Å².